The molecule has 588 valence electrons. The number of rotatable bonds is 14. The summed E-state index contributed by atoms with van der Waals surface area (Å²) in [6, 6.07) is -10.2. The van der Waals surface area contributed by atoms with Crippen molar-refractivity contribution in [1.82, 2.24) is 60.0 Å². The number of amides is 12. The molecule has 12 amide bonds. The van der Waals surface area contributed by atoms with Crippen LogP contribution in [-0.2, 0) is 62.3 Å². The zero-order valence-electron chi connectivity index (χ0n) is 64.9. The maximum Gasteiger partial charge on any atom is 0.393 e. The van der Waals surface area contributed by atoms with Crippen molar-refractivity contribution in [3.05, 3.63) is 12.2 Å². The first kappa shape index (κ1) is 86.3. The molecule has 3 unspecified atom stereocenters. The first-order valence-electron chi connectivity index (χ1n) is 38.0. The van der Waals surface area contributed by atoms with Gasteiger partial charge in [0.05, 0.1) is 31.5 Å². The van der Waals surface area contributed by atoms with E-state index in [1.54, 1.807) is 26.8 Å². The lowest BCUT2D eigenvalue weighted by molar-refractivity contribution is -0.182. The van der Waals surface area contributed by atoms with Crippen LogP contribution >= 0.6 is 11.6 Å². The monoisotopic (exact) mass is 1490 g/mol. The average Bonchev–Trinajstić information content (AvgIpc) is 0.760. The lowest BCUT2D eigenvalue weighted by Gasteiger charge is -2.54. The van der Waals surface area contributed by atoms with Crippen molar-refractivity contribution in [3.8, 4) is 0 Å². The fourth-order valence-corrected chi connectivity index (χ4v) is 17.5. The summed E-state index contributed by atoms with van der Waals surface area (Å²) in [5.41, 5.74) is -2.20. The highest BCUT2D eigenvalue weighted by atomic mass is 35.5. The molecule has 3 aliphatic heterocycles. The number of nitrogens with zero attached hydrogens (tertiary/aromatic N) is 9. The molecule has 2 bridgehead atoms. The molecule has 0 radical (unpaired) electrons. The van der Waals surface area contributed by atoms with E-state index in [-0.39, 0.29) is 96.2 Å². The third-order valence-corrected chi connectivity index (χ3v) is 23.9. The second-order valence-corrected chi connectivity index (χ2v) is 32.5. The van der Waals surface area contributed by atoms with E-state index in [4.69, 9.17) is 16.3 Å². The van der Waals surface area contributed by atoms with Gasteiger partial charge in [-0.3, -0.25) is 57.5 Å². The lowest BCUT2D eigenvalue weighted by atomic mass is 9.58. The number of halogens is 4. The van der Waals surface area contributed by atoms with Crippen molar-refractivity contribution in [3.63, 3.8) is 0 Å². The molecule has 3 saturated carbocycles. The molecule has 3 heterocycles. The van der Waals surface area contributed by atoms with E-state index in [1.807, 2.05) is 40.7 Å². The number of carbonyl (C=O) groups is 12. The van der Waals surface area contributed by atoms with Gasteiger partial charge in [0, 0.05) is 87.9 Å². The van der Waals surface area contributed by atoms with Crippen LogP contribution in [0, 0.1) is 40.9 Å². The summed E-state index contributed by atoms with van der Waals surface area (Å²) < 4.78 is 48.5. The fourth-order valence-electron chi connectivity index (χ4n) is 16.9. The number of hydrogen-bond acceptors (Lipinski definition) is 13. The van der Waals surface area contributed by atoms with Crippen LogP contribution in [0.4, 0.5) is 13.2 Å². The largest absolute Gasteiger partial charge is 0.393 e. The van der Waals surface area contributed by atoms with Gasteiger partial charge in [0.1, 0.15) is 53.9 Å². The van der Waals surface area contributed by atoms with Crippen LogP contribution < -0.4 is 16.0 Å². The normalized spacial score (nSPS) is 31.4. The summed E-state index contributed by atoms with van der Waals surface area (Å²) in [5.74, 6) is -10.8. The molecule has 6 rings (SSSR count). The van der Waals surface area contributed by atoms with Crippen molar-refractivity contribution in [2.75, 3.05) is 89.2 Å². The zero-order chi connectivity index (χ0) is 77.8. The number of carbonyl (C=O) groups excluding carboxylic acids is 12. The summed E-state index contributed by atoms with van der Waals surface area (Å²) in [5, 5.41) is 7.54. The average molecular weight is 1490 g/mol. The van der Waals surface area contributed by atoms with Gasteiger partial charge in [0.15, 0.2) is 0 Å². The van der Waals surface area contributed by atoms with E-state index in [0.717, 1.165) is 30.6 Å². The number of fused-ring (bicyclic) bond motifs is 3. The maximum absolute atomic E-state index is 15.7. The number of alkyl halides is 4. The molecule has 13 atom stereocenters. The molecule has 6 aliphatic rings. The Morgan fingerprint density at radius 2 is 1.31 bits per heavy atom. The van der Waals surface area contributed by atoms with Crippen molar-refractivity contribution >= 4 is 82.5 Å². The molecule has 0 aromatic rings. The van der Waals surface area contributed by atoms with Gasteiger partial charge in [-0.1, -0.05) is 112 Å². The van der Waals surface area contributed by atoms with Crippen LogP contribution in [0.2, 0.25) is 0 Å². The minimum atomic E-state index is -4.53. The minimum absolute atomic E-state index is 0.00720. The van der Waals surface area contributed by atoms with Crippen molar-refractivity contribution in [2.24, 2.45) is 40.9 Å². The molecule has 3 N–H and O–H groups in total. The van der Waals surface area contributed by atoms with Gasteiger partial charge in [-0.15, -0.1) is 11.6 Å². The van der Waals surface area contributed by atoms with Crippen LogP contribution in [0.15, 0.2) is 12.2 Å². The molecular formula is C75H122ClF3N12O13. The van der Waals surface area contributed by atoms with Crippen LogP contribution in [0.1, 0.15) is 191 Å². The smallest absolute Gasteiger partial charge is 0.377 e. The van der Waals surface area contributed by atoms with E-state index >= 15 is 28.8 Å². The van der Waals surface area contributed by atoms with Gasteiger partial charge < -0.3 is 64.8 Å². The molecule has 25 nitrogen and oxygen atoms in total. The Labute approximate surface area is 619 Å². The maximum atomic E-state index is 15.7. The van der Waals surface area contributed by atoms with Gasteiger partial charge in [-0.05, 0) is 113 Å². The Morgan fingerprint density at radius 1 is 0.683 bits per heavy atom. The predicted octanol–water partition coefficient (Wildman–Crippen LogP) is 6.38. The topological polar surface area (TPSA) is 279 Å². The number of nitrogens with one attached hydrogen (secondary N) is 3. The van der Waals surface area contributed by atoms with E-state index in [9.17, 15) is 41.9 Å². The Bertz CT molecular complexity index is 3080. The SMILES string of the molecule is CCO[C@@H]1C[C@H]2C(=O)NC3(CC(C)(C)C3)C(=O)N(C)[C@@H](C(CC)CC)C(=O)N(C)[C@H](C(=O)N(C)C)CC(=O)N(C)[C@@H](CC)C(=O)N[C@@H]([C@@H](C)CC)C(=O)N(C)CC(=O)N(C)[C@H]3C/C=C\CCN(C3=O)[C@@H](CC3CCC(C)CC3)C(=O)N(C)CC(=O)N[C@@H](CCC3CCC(C(F)(F)F)C(Cl)C3)C(=O)N2C1. The van der Waals surface area contributed by atoms with Gasteiger partial charge in [0.2, 0.25) is 70.9 Å². The van der Waals surface area contributed by atoms with Gasteiger partial charge in [-0.2, -0.15) is 13.2 Å². The Hall–Kier alpha value is -6.58. The Kier molecular flexibility index (Phi) is 31.0. The third-order valence-electron chi connectivity index (χ3n) is 23.5. The molecule has 29 heteroatoms. The van der Waals surface area contributed by atoms with Crippen LogP contribution in [0.5, 0.6) is 0 Å². The molecular weight excluding hydrogens is 1370 g/mol. The molecule has 5 fully saturated rings. The second-order valence-electron chi connectivity index (χ2n) is 31.9. The highest BCUT2D eigenvalue weighted by Gasteiger charge is 2.59. The molecule has 1 spiro atoms. The molecule has 0 aromatic carbocycles. The standard InChI is InChI=1S/C75H122ClF3N12O13/c1-18-46(7)62-70(101)85(13)42-61(94)87(15)55-26-24-23-25-35-90(69(55)100)58(37-48-29-27-45(6)28-30-48)68(99)84(12)41-59(92)80-53(34-32-47-31-33-51(52(76)36-47)75(77,78)79)66(97)91-40-50(104-22-5)38-56(91)65(96)82-74(43-73(8,9)44-74)72(103)89(17)63(49(19-2)20-3)71(102)88(16)57(67(98)83(10)11)39-60(93)86(14)54(21-4)64(95)81-62/h23-24,45-58,62-63H,18-22,25-44H2,1-17H3,(H,80,92)(H,81,95)(H,82,96)/b24-23-/t45?,46-,47?,48?,50+,51?,52?,53-,54-,55-,56-,57-,58-,62-,63-/m0/s1. The lowest BCUT2D eigenvalue weighted by Crippen LogP contribution is -2.71. The van der Waals surface area contributed by atoms with E-state index in [2.05, 4.69) is 22.9 Å². The summed E-state index contributed by atoms with van der Waals surface area (Å²) >= 11 is 6.46. The first-order chi connectivity index (χ1) is 48.7. The highest BCUT2D eigenvalue weighted by Crippen LogP contribution is 2.50. The summed E-state index contributed by atoms with van der Waals surface area (Å²) in [6.45, 7) is 15.6. The third kappa shape index (κ3) is 21.0. The second kappa shape index (κ2) is 37.3. The van der Waals surface area contributed by atoms with Crippen molar-refractivity contribution < 1.29 is 75.4 Å². The summed E-state index contributed by atoms with van der Waals surface area (Å²) in [7, 11) is 11.4. The van der Waals surface area contributed by atoms with Gasteiger partial charge in [-0.25, -0.2) is 0 Å². The van der Waals surface area contributed by atoms with Crippen LogP contribution in [-0.4, -0.2) is 276 Å². The Balaban J connectivity index is 1.48. The molecule has 104 heavy (non-hydrogen) atoms. The molecule has 3 aliphatic carbocycles. The predicted molar refractivity (Wildman–Crippen MR) is 387 cm³/mol. The summed E-state index contributed by atoms with van der Waals surface area (Å²) in [4.78, 5) is 192. The van der Waals surface area contributed by atoms with E-state index < -0.39 is 191 Å². The van der Waals surface area contributed by atoms with Crippen molar-refractivity contribution in [2.45, 2.75) is 262 Å². The van der Waals surface area contributed by atoms with Gasteiger partial charge in [0.25, 0.3) is 0 Å². The highest BCUT2D eigenvalue weighted by molar-refractivity contribution is 6.21. The van der Waals surface area contributed by atoms with Crippen LogP contribution in [0.3, 0.4) is 0 Å². The first-order valence-corrected chi connectivity index (χ1v) is 38.4. The number of hydrogen-bond donors (Lipinski definition) is 3. The zero-order valence-corrected chi connectivity index (χ0v) is 65.7. The molecule has 2 saturated heterocycles. The van der Waals surface area contributed by atoms with Gasteiger partial charge >= 0.3 is 6.18 Å². The van der Waals surface area contributed by atoms with E-state index in [0.29, 0.717) is 31.6 Å². The quantitative estimate of drug-likeness (QED) is 0.126. The van der Waals surface area contributed by atoms with E-state index in [1.165, 1.54) is 95.6 Å². The molecule has 0 aromatic heterocycles. The number of ether oxygens (including phenoxy) is 1. The number of likely N-dealkylation sites (N-methyl/N-ethyl adjacent to an activating group) is 7. The minimum Gasteiger partial charge on any atom is -0.377 e. The Morgan fingerprint density at radius 3 is 1.88 bits per heavy atom. The van der Waals surface area contributed by atoms with Crippen LogP contribution in [0.25, 0.3) is 0 Å². The fraction of sp³-hybridized carbons (Fsp3) is 0.813. The summed E-state index contributed by atoms with van der Waals surface area (Å²) in [6.07, 6.45) is 2.87. The van der Waals surface area contributed by atoms with Crippen molar-refractivity contribution in [1.29, 1.82) is 0 Å².